The second-order valence-electron chi connectivity index (χ2n) is 6.04. The van der Waals surface area contributed by atoms with Crippen molar-refractivity contribution >= 4 is 0 Å². The Balaban J connectivity index is 1.67. The Labute approximate surface area is 122 Å². The molecule has 1 nitrogen and oxygen atoms in total. The van der Waals surface area contributed by atoms with E-state index in [0.717, 1.165) is 30.6 Å². The largest absolute Gasteiger partial charge is 0.494 e. The van der Waals surface area contributed by atoms with E-state index in [1.54, 1.807) is 12.1 Å². The topological polar surface area (TPSA) is 9.23 Å². The molecule has 112 valence electrons. The van der Waals surface area contributed by atoms with Crippen molar-refractivity contribution in [3.05, 3.63) is 30.1 Å². The molecule has 0 radical (unpaired) electrons. The number of hydrogen-bond acceptors (Lipinski definition) is 1. The van der Waals surface area contributed by atoms with Gasteiger partial charge in [0.1, 0.15) is 11.6 Å². The molecular weight excluding hydrogens is 251 g/mol. The van der Waals surface area contributed by atoms with Gasteiger partial charge in [0.2, 0.25) is 0 Å². The van der Waals surface area contributed by atoms with Crippen LogP contribution in [0.4, 0.5) is 4.39 Å². The van der Waals surface area contributed by atoms with Crippen LogP contribution >= 0.6 is 0 Å². The molecule has 0 spiro atoms. The van der Waals surface area contributed by atoms with Crippen LogP contribution in [0.1, 0.15) is 58.3 Å². The van der Waals surface area contributed by atoms with Gasteiger partial charge in [0.25, 0.3) is 0 Å². The van der Waals surface area contributed by atoms with E-state index in [4.69, 9.17) is 4.74 Å². The third kappa shape index (κ3) is 4.81. The van der Waals surface area contributed by atoms with E-state index in [1.807, 2.05) is 0 Å². The zero-order valence-electron chi connectivity index (χ0n) is 12.6. The van der Waals surface area contributed by atoms with Crippen LogP contribution in [0.5, 0.6) is 5.75 Å². The van der Waals surface area contributed by atoms with Crippen molar-refractivity contribution in [2.45, 2.75) is 58.3 Å². The van der Waals surface area contributed by atoms with Crippen molar-refractivity contribution in [3.63, 3.8) is 0 Å². The maximum absolute atomic E-state index is 12.8. The van der Waals surface area contributed by atoms with Gasteiger partial charge in [-0.15, -0.1) is 0 Å². The highest BCUT2D eigenvalue weighted by molar-refractivity contribution is 5.21. The van der Waals surface area contributed by atoms with Crippen LogP contribution in [0.25, 0.3) is 0 Å². The highest BCUT2D eigenvalue weighted by Gasteiger charge is 2.23. The summed E-state index contributed by atoms with van der Waals surface area (Å²) in [6.07, 6.45) is 10.8. The van der Waals surface area contributed by atoms with Gasteiger partial charge in [-0.2, -0.15) is 0 Å². The Kier molecular flexibility index (Phi) is 6.35. The van der Waals surface area contributed by atoms with Crippen molar-refractivity contribution in [2.24, 2.45) is 11.8 Å². The van der Waals surface area contributed by atoms with Crippen LogP contribution in [0.2, 0.25) is 0 Å². The molecule has 1 fully saturated rings. The molecular formula is C18H27FO. The molecule has 0 bridgehead atoms. The first-order valence-corrected chi connectivity index (χ1v) is 8.18. The van der Waals surface area contributed by atoms with Crippen LogP contribution in [-0.2, 0) is 0 Å². The van der Waals surface area contributed by atoms with E-state index in [9.17, 15) is 4.39 Å². The predicted molar refractivity (Wildman–Crippen MR) is 81.5 cm³/mol. The number of rotatable bonds is 7. The lowest BCUT2D eigenvalue weighted by Crippen LogP contribution is -2.20. The minimum Gasteiger partial charge on any atom is -0.494 e. The van der Waals surface area contributed by atoms with E-state index in [0.29, 0.717) is 0 Å². The highest BCUT2D eigenvalue weighted by atomic mass is 19.1. The second kappa shape index (κ2) is 8.28. The fourth-order valence-corrected chi connectivity index (χ4v) is 3.48. The Morgan fingerprint density at radius 3 is 2.35 bits per heavy atom. The molecule has 0 aliphatic heterocycles. The Bertz CT molecular complexity index is 372. The molecule has 2 rings (SSSR count). The molecule has 1 saturated carbocycles. The summed E-state index contributed by atoms with van der Waals surface area (Å²) in [6, 6.07) is 6.31. The summed E-state index contributed by atoms with van der Waals surface area (Å²) in [5, 5.41) is 0. The zero-order valence-corrected chi connectivity index (χ0v) is 12.6. The van der Waals surface area contributed by atoms with Crippen molar-refractivity contribution in [2.75, 3.05) is 6.61 Å². The fourth-order valence-electron chi connectivity index (χ4n) is 3.48. The summed E-state index contributed by atoms with van der Waals surface area (Å²) in [4.78, 5) is 0. The molecule has 1 aliphatic carbocycles. The van der Waals surface area contributed by atoms with Gasteiger partial charge < -0.3 is 4.74 Å². The maximum Gasteiger partial charge on any atom is 0.123 e. The third-order valence-electron chi connectivity index (χ3n) is 4.53. The van der Waals surface area contributed by atoms with Gasteiger partial charge in [0.15, 0.2) is 0 Å². The van der Waals surface area contributed by atoms with Crippen LogP contribution in [0, 0.1) is 17.7 Å². The summed E-state index contributed by atoms with van der Waals surface area (Å²) in [5.41, 5.74) is 0. The number of halogens is 1. The summed E-state index contributed by atoms with van der Waals surface area (Å²) in [5.74, 6) is 2.42. The Hall–Kier alpha value is -1.05. The molecule has 0 N–H and O–H groups in total. The van der Waals surface area contributed by atoms with Crippen LogP contribution in [0.15, 0.2) is 24.3 Å². The van der Waals surface area contributed by atoms with Gasteiger partial charge in [-0.3, -0.25) is 0 Å². The first kappa shape index (κ1) is 15.3. The van der Waals surface area contributed by atoms with E-state index in [1.165, 1.54) is 57.1 Å². The van der Waals surface area contributed by atoms with Crippen molar-refractivity contribution in [1.29, 1.82) is 0 Å². The minimum absolute atomic E-state index is 0.207. The van der Waals surface area contributed by atoms with Gasteiger partial charge >= 0.3 is 0 Å². The van der Waals surface area contributed by atoms with Gasteiger partial charge in [-0.05, 0) is 48.9 Å². The highest BCUT2D eigenvalue weighted by Crippen LogP contribution is 2.35. The van der Waals surface area contributed by atoms with Crippen molar-refractivity contribution in [1.82, 2.24) is 0 Å². The first-order valence-electron chi connectivity index (χ1n) is 8.18. The zero-order chi connectivity index (χ0) is 14.2. The molecule has 2 heteroatoms. The van der Waals surface area contributed by atoms with Crippen LogP contribution in [0.3, 0.4) is 0 Å². The molecule has 1 aromatic carbocycles. The smallest absolute Gasteiger partial charge is 0.123 e. The van der Waals surface area contributed by atoms with E-state index in [-0.39, 0.29) is 5.82 Å². The third-order valence-corrected chi connectivity index (χ3v) is 4.53. The lowest BCUT2D eigenvalue weighted by atomic mass is 9.75. The molecule has 0 aromatic heterocycles. The number of hydrogen-bond donors (Lipinski definition) is 0. The molecule has 2 atom stereocenters. The lowest BCUT2D eigenvalue weighted by molar-refractivity contribution is 0.193. The van der Waals surface area contributed by atoms with Gasteiger partial charge in [-0.25, -0.2) is 4.39 Å². The summed E-state index contributed by atoms with van der Waals surface area (Å²) < 4.78 is 18.5. The molecule has 1 aromatic rings. The number of benzene rings is 1. The summed E-state index contributed by atoms with van der Waals surface area (Å²) in [7, 11) is 0. The SMILES string of the molecule is CCCC1CCCCC1CCCOc1ccc(F)cc1. The van der Waals surface area contributed by atoms with Gasteiger partial charge in [-0.1, -0.05) is 45.4 Å². The standard InChI is InChI=1S/C18H27FO/c1-2-6-15-7-3-4-8-16(15)9-5-14-20-18-12-10-17(19)11-13-18/h10-13,15-16H,2-9,14H2,1H3. The molecule has 0 saturated heterocycles. The van der Waals surface area contributed by atoms with Crippen molar-refractivity contribution in [3.8, 4) is 5.75 Å². The minimum atomic E-state index is -0.207. The first-order chi connectivity index (χ1) is 9.79. The fraction of sp³-hybridized carbons (Fsp3) is 0.667. The normalized spacial score (nSPS) is 22.7. The second-order valence-corrected chi connectivity index (χ2v) is 6.04. The quantitative estimate of drug-likeness (QED) is 0.591. The Morgan fingerprint density at radius 2 is 1.70 bits per heavy atom. The van der Waals surface area contributed by atoms with Crippen LogP contribution in [-0.4, -0.2) is 6.61 Å². The lowest BCUT2D eigenvalue weighted by Gasteiger charge is -2.31. The molecule has 20 heavy (non-hydrogen) atoms. The molecule has 0 heterocycles. The molecule has 1 aliphatic rings. The number of ether oxygens (including phenoxy) is 1. The van der Waals surface area contributed by atoms with Gasteiger partial charge in [0, 0.05) is 0 Å². The maximum atomic E-state index is 12.8. The monoisotopic (exact) mass is 278 g/mol. The van der Waals surface area contributed by atoms with E-state index >= 15 is 0 Å². The summed E-state index contributed by atoms with van der Waals surface area (Å²) >= 11 is 0. The predicted octanol–water partition coefficient (Wildman–Crippen LogP) is 5.59. The van der Waals surface area contributed by atoms with E-state index < -0.39 is 0 Å². The summed E-state index contributed by atoms with van der Waals surface area (Å²) in [6.45, 7) is 3.05. The van der Waals surface area contributed by atoms with Crippen LogP contribution < -0.4 is 4.74 Å². The Morgan fingerprint density at radius 1 is 1.05 bits per heavy atom. The molecule has 2 unspecified atom stereocenters. The van der Waals surface area contributed by atoms with Gasteiger partial charge in [0.05, 0.1) is 6.61 Å². The average molecular weight is 278 g/mol. The van der Waals surface area contributed by atoms with Crippen molar-refractivity contribution < 1.29 is 9.13 Å². The van der Waals surface area contributed by atoms with E-state index in [2.05, 4.69) is 6.92 Å². The average Bonchev–Trinajstić information content (AvgIpc) is 2.47. The molecule has 0 amide bonds.